The van der Waals surface area contributed by atoms with E-state index in [4.69, 9.17) is 4.31 Å². The van der Waals surface area contributed by atoms with E-state index in [1.54, 1.807) is 0 Å². The molecule has 19 heavy (non-hydrogen) atoms. The van der Waals surface area contributed by atoms with Crippen molar-refractivity contribution >= 4 is 23.4 Å². The van der Waals surface area contributed by atoms with Crippen molar-refractivity contribution in [1.82, 2.24) is 4.67 Å². The predicted octanol–water partition coefficient (Wildman–Crippen LogP) is 2.49. The Bertz CT molecular complexity index is 416. The van der Waals surface area contributed by atoms with Crippen LogP contribution in [-0.4, -0.2) is 47.2 Å². The summed E-state index contributed by atoms with van der Waals surface area (Å²) in [6, 6.07) is 0. The van der Waals surface area contributed by atoms with Crippen molar-refractivity contribution in [3.05, 3.63) is 0 Å². The topological polar surface area (TPSA) is 110 Å². The van der Waals surface area contributed by atoms with Crippen LogP contribution < -0.4 is 0 Å². The van der Waals surface area contributed by atoms with Gasteiger partial charge in [0.25, 0.3) is 0 Å². The van der Waals surface area contributed by atoms with Crippen LogP contribution in [0.3, 0.4) is 0 Å². The van der Waals surface area contributed by atoms with Gasteiger partial charge < -0.3 is 0 Å². The van der Waals surface area contributed by atoms with Gasteiger partial charge in [0.2, 0.25) is 0 Å². The molecule has 10 nitrogen and oxygen atoms in total. The molecule has 0 bridgehead atoms. The van der Waals surface area contributed by atoms with E-state index >= 15 is 0 Å². The summed E-state index contributed by atoms with van der Waals surface area (Å²) in [4.78, 5) is 0. The van der Waals surface area contributed by atoms with Gasteiger partial charge in [-0.25, -0.2) is 18.4 Å². The van der Waals surface area contributed by atoms with Crippen molar-refractivity contribution in [2.24, 2.45) is 0 Å². The summed E-state index contributed by atoms with van der Waals surface area (Å²) >= 11 is 0. The van der Waals surface area contributed by atoms with Gasteiger partial charge in [-0.1, -0.05) is 0 Å². The Hall–Kier alpha value is 0.410. The lowest BCUT2D eigenvalue weighted by Gasteiger charge is -2.26. The van der Waals surface area contributed by atoms with Gasteiger partial charge in [-0.2, -0.15) is 8.62 Å². The average Bonchev–Trinajstić information content (AvgIpc) is 2.38. The third-order valence-electron chi connectivity index (χ3n) is 1.79. The molecule has 0 aliphatic heterocycles. The molecular formula is C6H18NO9P3. The van der Waals surface area contributed by atoms with Gasteiger partial charge in [0, 0.05) is 28.4 Å². The van der Waals surface area contributed by atoms with Crippen molar-refractivity contribution in [1.29, 1.82) is 0 Å². The number of hydrogen-bond acceptors (Lipinski definition) is 9. The molecule has 2 unspecified atom stereocenters. The fourth-order valence-corrected chi connectivity index (χ4v) is 5.51. The summed E-state index contributed by atoms with van der Waals surface area (Å²) in [5, 5.41) is 0. The average molecular weight is 341 g/mol. The van der Waals surface area contributed by atoms with Crippen molar-refractivity contribution in [2.75, 3.05) is 42.5 Å². The maximum atomic E-state index is 12.1. The number of rotatable bonds is 9. The van der Waals surface area contributed by atoms with Crippen LogP contribution >= 0.6 is 23.4 Å². The lowest BCUT2D eigenvalue weighted by molar-refractivity contribution is 0.163. The SMILES string of the molecule is COP(=O)(OC)OP(=O)(OC)OP(=O)(OC)N(C)C. The van der Waals surface area contributed by atoms with Crippen molar-refractivity contribution in [3.63, 3.8) is 0 Å². The lowest BCUT2D eigenvalue weighted by atomic mass is 11.3. The molecule has 0 N–H and O–H groups in total. The van der Waals surface area contributed by atoms with Gasteiger partial charge in [0.15, 0.2) is 0 Å². The summed E-state index contributed by atoms with van der Waals surface area (Å²) in [5.74, 6) is 0. The minimum absolute atomic E-state index is 0.950. The minimum Gasteiger partial charge on any atom is -0.300 e. The maximum absolute atomic E-state index is 12.1. The molecule has 0 fully saturated rings. The second-order valence-corrected chi connectivity index (χ2v) is 9.40. The Kier molecular flexibility index (Phi) is 7.59. The molecule has 0 aliphatic carbocycles. The molecule has 0 heterocycles. The van der Waals surface area contributed by atoms with E-state index in [0.29, 0.717) is 0 Å². The van der Waals surface area contributed by atoms with E-state index in [-0.39, 0.29) is 0 Å². The molecule has 116 valence electrons. The molecule has 0 saturated heterocycles. The zero-order valence-electron chi connectivity index (χ0n) is 11.5. The Morgan fingerprint density at radius 3 is 1.37 bits per heavy atom. The molecule has 0 aliphatic rings. The third kappa shape index (κ3) is 5.36. The van der Waals surface area contributed by atoms with E-state index in [2.05, 4.69) is 22.4 Å². The predicted molar refractivity (Wildman–Crippen MR) is 66.7 cm³/mol. The van der Waals surface area contributed by atoms with Crippen molar-refractivity contribution < 1.29 is 40.4 Å². The lowest BCUT2D eigenvalue weighted by Crippen LogP contribution is -2.12. The van der Waals surface area contributed by atoms with Crippen LogP contribution in [0.4, 0.5) is 0 Å². The van der Waals surface area contributed by atoms with Crippen LogP contribution in [0.5, 0.6) is 0 Å². The van der Waals surface area contributed by atoms with Gasteiger partial charge in [-0.05, 0) is 14.1 Å². The molecule has 0 saturated carbocycles. The molecule has 0 amide bonds. The second-order valence-electron chi connectivity index (χ2n) is 3.10. The highest BCUT2D eigenvalue weighted by molar-refractivity contribution is 7.68. The molecule has 0 rings (SSSR count). The zero-order chi connectivity index (χ0) is 15.3. The maximum Gasteiger partial charge on any atom is 0.491 e. The van der Waals surface area contributed by atoms with Crippen LogP contribution in [0.2, 0.25) is 0 Å². The number of phosphoric acid groups is 2. The molecule has 0 aromatic carbocycles. The highest BCUT2D eigenvalue weighted by atomic mass is 31.3. The minimum atomic E-state index is -4.49. The highest BCUT2D eigenvalue weighted by Crippen LogP contribution is 2.72. The fourth-order valence-electron chi connectivity index (χ4n) is 0.741. The molecule has 0 aromatic heterocycles. The summed E-state index contributed by atoms with van der Waals surface area (Å²) in [5.41, 5.74) is 0. The second kappa shape index (κ2) is 7.43. The van der Waals surface area contributed by atoms with Crippen LogP contribution in [0.1, 0.15) is 0 Å². The Morgan fingerprint density at radius 1 is 0.684 bits per heavy atom. The van der Waals surface area contributed by atoms with Gasteiger partial charge in [-0.15, -0.1) is 0 Å². The number of nitrogens with zero attached hydrogens (tertiary/aromatic N) is 1. The van der Waals surface area contributed by atoms with Crippen LogP contribution in [0.25, 0.3) is 0 Å². The first kappa shape index (κ1) is 19.4. The first-order chi connectivity index (χ1) is 8.60. The van der Waals surface area contributed by atoms with Crippen LogP contribution in [0.15, 0.2) is 0 Å². The summed E-state index contributed by atoms with van der Waals surface area (Å²) in [6.45, 7) is 0. The normalized spacial score (nSPS) is 19.1. The number of hydrogen-bond donors (Lipinski definition) is 0. The van der Waals surface area contributed by atoms with Gasteiger partial charge >= 0.3 is 23.4 Å². The number of phosphoric ester groups is 1. The van der Waals surface area contributed by atoms with Gasteiger partial charge in [0.05, 0.1) is 0 Å². The first-order valence-corrected chi connectivity index (χ1v) is 9.15. The fraction of sp³-hybridized carbons (Fsp3) is 1.00. The van der Waals surface area contributed by atoms with E-state index < -0.39 is 23.4 Å². The molecule has 0 aromatic rings. The summed E-state index contributed by atoms with van der Waals surface area (Å²) in [6.07, 6.45) is 0. The highest BCUT2D eigenvalue weighted by Gasteiger charge is 2.45. The Morgan fingerprint density at radius 2 is 1.11 bits per heavy atom. The van der Waals surface area contributed by atoms with Gasteiger partial charge in [-0.3, -0.25) is 18.1 Å². The van der Waals surface area contributed by atoms with E-state index in [1.165, 1.54) is 14.1 Å². The van der Waals surface area contributed by atoms with Crippen LogP contribution in [-0.2, 0) is 40.4 Å². The molecular weight excluding hydrogens is 323 g/mol. The summed E-state index contributed by atoms with van der Waals surface area (Å²) < 4.78 is 64.2. The third-order valence-corrected chi connectivity index (χ3v) is 7.80. The van der Waals surface area contributed by atoms with Crippen molar-refractivity contribution in [3.8, 4) is 0 Å². The molecule has 0 radical (unpaired) electrons. The van der Waals surface area contributed by atoms with E-state index in [0.717, 1.165) is 33.1 Å². The molecule has 2 atom stereocenters. The monoisotopic (exact) mass is 341 g/mol. The Balaban J connectivity index is 5.25. The van der Waals surface area contributed by atoms with E-state index in [9.17, 15) is 13.7 Å². The van der Waals surface area contributed by atoms with Gasteiger partial charge in [0.1, 0.15) is 0 Å². The largest absolute Gasteiger partial charge is 0.491 e. The zero-order valence-corrected chi connectivity index (χ0v) is 14.1. The van der Waals surface area contributed by atoms with Crippen LogP contribution in [0, 0.1) is 0 Å². The molecule has 13 heteroatoms. The smallest absolute Gasteiger partial charge is 0.300 e. The van der Waals surface area contributed by atoms with Crippen molar-refractivity contribution in [2.45, 2.75) is 0 Å². The quantitative estimate of drug-likeness (QED) is 0.580. The summed E-state index contributed by atoms with van der Waals surface area (Å²) in [7, 11) is -5.82. The first-order valence-electron chi connectivity index (χ1n) is 4.74. The molecule has 0 spiro atoms. The van der Waals surface area contributed by atoms with E-state index in [1.807, 2.05) is 0 Å². The Labute approximate surface area is 112 Å². The standard InChI is InChI=1S/C6H18NO9P3/c1-7(2)17(8,11-3)15-19(10,14-6)16-18(9,12-4)13-5/h1-6H3.